The minimum absolute atomic E-state index is 0.00857. The molecule has 0 heterocycles. The Kier molecular flexibility index (Phi) is 4.73. The van der Waals surface area contributed by atoms with Crippen LogP contribution in [-0.2, 0) is 0 Å². The van der Waals surface area contributed by atoms with Gasteiger partial charge in [-0.15, -0.1) is 0 Å². The quantitative estimate of drug-likeness (QED) is 0.768. The van der Waals surface area contributed by atoms with E-state index in [2.05, 4.69) is 0 Å². The molecule has 0 amide bonds. The largest absolute Gasteiger partial charge is 0.507 e. The third-order valence-corrected chi connectivity index (χ3v) is 4.13. The van der Waals surface area contributed by atoms with Crippen LogP contribution < -0.4 is 15.2 Å². The van der Waals surface area contributed by atoms with Crippen LogP contribution in [-0.4, -0.2) is 30.5 Å². The monoisotopic (exact) mass is 281 g/mol. The molecular formula is C15H23NO4. The molecule has 2 rings (SSSR count). The fourth-order valence-corrected chi connectivity index (χ4v) is 2.97. The summed E-state index contributed by atoms with van der Waals surface area (Å²) in [5.41, 5.74) is 6.59. The Morgan fingerprint density at radius 1 is 1.20 bits per heavy atom. The van der Waals surface area contributed by atoms with Crippen LogP contribution in [0.2, 0.25) is 0 Å². The van der Waals surface area contributed by atoms with Gasteiger partial charge in [0.2, 0.25) is 0 Å². The van der Waals surface area contributed by atoms with Crippen molar-refractivity contribution in [1.82, 2.24) is 0 Å². The van der Waals surface area contributed by atoms with Gasteiger partial charge in [-0.2, -0.15) is 0 Å². The lowest BCUT2D eigenvalue weighted by atomic mass is 9.90. The van der Waals surface area contributed by atoms with Crippen molar-refractivity contribution in [2.75, 3.05) is 14.2 Å². The van der Waals surface area contributed by atoms with Gasteiger partial charge in [0.1, 0.15) is 17.2 Å². The Hall–Kier alpha value is -1.46. The summed E-state index contributed by atoms with van der Waals surface area (Å²) in [6, 6.07) is 2.48. The molecule has 0 spiro atoms. The first-order valence-electron chi connectivity index (χ1n) is 6.97. The number of ether oxygens (including phenoxy) is 2. The van der Waals surface area contributed by atoms with Crippen molar-refractivity contribution >= 4 is 0 Å². The summed E-state index contributed by atoms with van der Waals surface area (Å²) < 4.78 is 10.4. The number of aromatic hydroxyl groups is 1. The van der Waals surface area contributed by atoms with Crippen molar-refractivity contribution in [3.63, 3.8) is 0 Å². The number of benzene rings is 1. The van der Waals surface area contributed by atoms with Gasteiger partial charge in [-0.3, -0.25) is 0 Å². The predicted molar refractivity (Wildman–Crippen MR) is 76.1 cm³/mol. The van der Waals surface area contributed by atoms with Crippen molar-refractivity contribution in [2.45, 2.75) is 37.8 Å². The summed E-state index contributed by atoms with van der Waals surface area (Å²) >= 11 is 0. The first-order valence-corrected chi connectivity index (χ1v) is 6.97. The highest BCUT2D eigenvalue weighted by Crippen LogP contribution is 2.41. The Labute approximate surface area is 119 Å². The molecule has 4 N–H and O–H groups in total. The molecule has 1 aromatic carbocycles. The molecule has 1 saturated carbocycles. The van der Waals surface area contributed by atoms with Crippen molar-refractivity contribution in [3.8, 4) is 17.2 Å². The lowest BCUT2D eigenvalue weighted by molar-refractivity contribution is 0.0826. The zero-order valence-corrected chi connectivity index (χ0v) is 12.0. The molecule has 1 fully saturated rings. The number of nitrogens with two attached hydrogens (primary N) is 1. The topological polar surface area (TPSA) is 84.9 Å². The van der Waals surface area contributed by atoms with Gasteiger partial charge >= 0.3 is 0 Å². The first-order chi connectivity index (χ1) is 9.58. The van der Waals surface area contributed by atoms with Crippen molar-refractivity contribution in [1.29, 1.82) is 0 Å². The lowest BCUT2D eigenvalue weighted by Crippen LogP contribution is -2.32. The van der Waals surface area contributed by atoms with Crippen LogP contribution in [0.25, 0.3) is 0 Å². The maximum absolute atomic E-state index is 10.4. The van der Waals surface area contributed by atoms with E-state index >= 15 is 0 Å². The van der Waals surface area contributed by atoms with Crippen molar-refractivity contribution in [2.24, 2.45) is 11.7 Å². The average Bonchev–Trinajstić information content (AvgIpc) is 2.98. The minimum Gasteiger partial charge on any atom is -0.507 e. The summed E-state index contributed by atoms with van der Waals surface area (Å²) in [6.07, 6.45) is 3.54. The summed E-state index contributed by atoms with van der Waals surface area (Å²) in [6.45, 7) is 0. The Balaban J connectivity index is 2.30. The van der Waals surface area contributed by atoms with Crippen molar-refractivity contribution in [3.05, 3.63) is 17.7 Å². The third kappa shape index (κ3) is 2.83. The number of phenols is 1. The van der Waals surface area contributed by atoms with E-state index in [1.807, 2.05) is 0 Å². The fourth-order valence-electron chi connectivity index (χ4n) is 2.97. The van der Waals surface area contributed by atoms with E-state index in [0.29, 0.717) is 17.1 Å². The Morgan fingerprint density at radius 3 is 2.40 bits per heavy atom. The van der Waals surface area contributed by atoms with Crippen LogP contribution in [0.1, 0.15) is 37.3 Å². The highest BCUT2D eigenvalue weighted by molar-refractivity contribution is 5.51. The zero-order valence-electron chi connectivity index (χ0n) is 12.0. The van der Waals surface area contributed by atoms with Gasteiger partial charge in [0.15, 0.2) is 0 Å². The molecule has 1 aliphatic rings. The smallest absolute Gasteiger partial charge is 0.131 e. The molecule has 0 saturated heterocycles. The normalized spacial score (nSPS) is 18.8. The van der Waals surface area contributed by atoms with Gasteiger partial charge in [0.05, 0.1) is 31.9 Å². The Morgan fingerprint density at radius 2 is 1.85 bits per heavy atom. The number of hydrogen-bond donors (Lipinski definition) is 3. The van der Waals surface area contributed by atoms with E-state index in [4.69, 9.17) is 15.2 Å². The van der Waals surface area contributed by atoms with E-state index in [9.17, 15) is 10.2 Å². The molecule has 1 aliphatic carbocycles. The highest BCUT2D eigenvalue weighted by Gasteiger charge is 2.32. The standard InChI is InChI=1S/C15H23NO4/c1-19-10-7-11(17)13(12(8-10)20-2)14(16)15(18)9-5-3-4-6-9/h7-9,14-15,17-18H,3-6,16H2,1-2H3/t14-,15+/m1/s1. The number of phenolic OH excluding ortho intramolecular Hbond substituents is 1. The maximum Gasteiger partial charge on any atom is 0.131 e. The van der Waals surface area contributed by atoms with Crippen LogP contribution in [0, 0.1) is 5.92 Å². The van der Waals surface area contributed by atoms with Gasteiger partial charge in [-0.1, -0.05) is 12.8 Å². The fraction of sp³-hybridized carbons (Fsp3) is 0.600. The van der Waals surface area contributed by atoms with Crippen LogP contribution >= 0.6 is 0 Å². The Bertz CT molecular complexity index is 457. The van der Waals surface area contributed by atoms with Crippen LogP contribution in [0.5, 0.6) is 17.2 Å². The molecule has 0 aromatic heterocycles. The number of aliphatic hydroxyl groups is 1. The molecule has 1 aromatic rings. The van der Waals surface area contributed by atoms with Gasteiger partial charge in [0, 0.05) is 12.1 Å². The second-order valence-corrected chi connectivity index (χ2v) is 5.32. The van der Waals surface area contributed by atoms with E-state index < -0.39 is 12.1 Å². The van der Waals surface area contributed by atoms with E-state index in [0.717, 1.165) is 25.7 Å². The molecule has 5 heteroatoms. The predicted octanol–water partition coefficient (Wildman–Crippen LogP) is 1.96. The number of hydrogen-bond acceptors (Lipinski definition) is 5. The van der Waals surface area contributed by atoms with E-state index in [1.54, 1.807) is 6.07 Å². The van der Waals surface area contributed by atoms with E-state index in [-0.39, 0.29) is 11.7 Å². The van der Waals surface area contributed by atoms with Crippen LogP contribution in [0.3, 0.4) is 0 Å². The minimum atomic E-state index is -0.675. The molecule has 0 radical (unpaired) electrons. The second kappa shape index (κ2) is 6.33. The van der Waals surface area contributed by atoms with Crippen molar-refractivity contribution < 1.29 is 19.7 Å². The second-order valence-electron chi connectivity index (χ2n) is 5.32. The maximum atomic E-state index is 10.4. The summed E-state index contributed by atoms with van der Waals surface area (Å²) in [4.78, 5) is 0. The van der Waals surface area contributed by atoms with Crippen LogP contribution in [0.4, 0.5) is 0 Å². The summed E-state index contributed by atoms with van der Waals surface area (Å²) in [5, 5.41) is 20.6. The van der Waals surface area contributed by atoms with Gasteiger partial charge in [-0.25, -0.2) is 0 Å². The summed E-state index contributed by atoms with van der Waals surface area (Å²) in [7, 11) is 3.02. The summed E-state index contributed by atoms with van der Waals surface area (Å²) in [5.74, 6) is 1.11. The number of rotatable bonds is 5. The number of methoxy groups -OCH3 is 2. The molecule has 112 valence electrons. The number of aliphatic hydroxyl groups excluding tert-OH is 1. The molecule has 0 unspecified atom stereocenters. The molecule has 2 atom stereocenters. The molecular weight excluding hydrogens is 258 g/mol. The molecule has 0 bridgehead atoms. The average molecular weight is 281 g/mol. The molecule has 20 heavy (non-hydrogen) atoms. The lowest BCUT2D eigenvalue weighted by Gasteiger charge is -2.26. The molecule has 5 nitrogen and oxygen atoms in total. The SMILES string of the molecule is COc1cc(O)c([C@@H](N)[C@@H](O)C2CCCC2)c(OC)c1. The zero-order chi connectivity index (χ0) is 14.7. The van der Waals surface area contributed by atoms with Gasteiger partial charge in [-0.05, 0) is 18.8 Å². The van der Waals surface area contributed by atoms with Gasteiger partial charge in [0.25, 0.3) is 0 Å². The van der Waals surface area contributed by atoms with Gasteiger partial charge < -0.3 is 25.4 Å². The molecule has 0 aliphatic heterocycles. The van der Waals surface area contributed by atoms with Crippen LogP contribution in [0.15, 0.2) is 12.1 Å². The third-order valence-electron chi connectivity index (χ3n) is 4.13. The van der Waals surface area contributed by atoms with E-state index in [1.165, 1.54) is 20.3 Å². The highest BCUT2D eigenvalue weighted by atomic mass is 16.5. The first kappa shape index (κ1) is 14.9.